The standard InChI is InChI=1S/C26H33FN4O2/c1-29-15-17-30(18-16-29)19-24(20-5-3-2-4-6-20)28-25(32)21-11-13-31(14-12-21)26(33)22-7-9-23(27)10-8-22/h2-10,21,24H,11-19H2,1H3,(H,28,32). The minimum absolute atomic E-state index is 0.0546. The first-order valence-corrected chi connectivity index (χ1v) is 11.8. The van der Waals surface area contributed by atoms with Crippen molar-refractivity contribution in [2.45, 2.75) is 18.9 Å². The number of piperidine rings is 1. The predicted molar refractivity (Wildman–Crippen MR) is 126 cm³/mol. The number of nitrogens with one attached hydrogen (secondary N) is 1. The molecule has 2 aliphatic rings. The van der Waals surface area contributed by atoms with Gasteiger partial charge in [-0.1, -0.05) is 30.3 Å². The van der Waals surface area contributed by atoms with E-state index in [4.69, 9.17) is 0 Å². The summed E-state index contributed by atoms with van der Waals surface area (Å²) >= 11 is 0. The lowest BCUT2D eigenvalue weighted by Crippen LogP contribution is -2.49. The number of rotatable bonds is 6. The fourth-order valence-electron chi connectivity index (χ4n) is 4.62. The molecule has 0 spiro atoms. The van der Waals surface area contributed by atoms with Gasteiger partial charge >= 0.3 is 0 Å². The molecule has 4 rings (SSSR count). The maximum atomic E-state index is 13.2. The zero-order valence-corrected chi connectivity index (χ0v) is 19.3. The molecular formula is C26H33FN4O2. The highest BCUT2D eigenvalue weighted by atomic mass is 19.1. The lowest BCUT2D eigenvalue weighted by Gasteiger charge is -2.36. The first kappa shape index (κ1) is 23.4. The number of benzene rings is 2. The van der Waals surface area contributed by atoms with Crippen LogP contribution in [-0.2, 0) is 4.79 Å². The summed E-state index contributed by atoms with van der Waals surface area (Å²) in [5.41, 5.74) is 1.60. The molecule has 2 aliphatic heterocycles. The van der Waals surface area contributed by atoms with Crippen molar-refractivity contribution in [1.82, 2.24) is 20.0 Å². The minimum atomic E-state index is -0.355. The van der Waals surface area contributed by atoms with Crippen LogP contribution >= 0.6 is 0 Å². The number of likely N-dealkylation sites (N-methyl/N-ethyl adjacent to an activating group) is 1. The summed E-state index contributed by atoms with van der Waals surface area (Å²) in [5, 5.41) is 3.30. The Hall–Kier alpha value is -2.77. The first-order chi connectivity index (χ1) is 16.0. The quantitative estimate of drug-likeness (QED) is 0.732. The molecule has 0 bridgehead atoms. The SMILES string of the molecule is CN1CCN(CC(NC(=O)C2CCN(C(=O)c3ccc(F)cc3)CC2)c2ccccc2)CC1. The average Bonchev–Trinajstić information content (AvgIpc) is 2.85. The first-order valence-electron chi connectivity index (χ1n) is 11.8. The van der Waals surface area contributed by atoms with Gasteiger partial charge in [-0.15, -0.1) is 0 Å². The molecule has 0 aliphatic carbocycles. The number of piperazine rings is 1. The zero-order chi connectivity index (χ0) is 23.2. The van der Waals surface area contributed by atoms with E-state index in [1.165, 1.54) is 24.3 Å². The van der Waals surface area contributed by atoms with E-state index in [-0.39, 0.29) is 29.6 Å². The van der Waals surface area contributed by atoms with Crippen LogP contribution in [0.2, 0.25) is 0 Å². The fourth-order valence-corrected chi connectivity index (χ4v) is 4.62. The molecule has 2 fully saturated rings. The molecule has 2 aromatic rings. The molecule has 6 nitrogen and oxygen atoms in total. The van der Waals surface area contributed by atoms with Crippen LogP contribution in [0.5, 0.6) is 0 Å². The van der Waals surface area contributed by atoms with Crippen LogP contribution in [0.25, 0.3) is 0 Å². The third-order valence-corrected chi connectivity index (χ3v) is 6.80. The van der Waals surface area contributed by atoms with Gasteiger partial charge in [-0.25, -0.2) is 4.39 Å². The Morgan fingerprint density at radius 1 is 0.939 bits per heavy atom. The Labute approximate surface area is 195 Å². The molecule has 0 saturated carbocycles. The lowest BCUT2D eigenvalue weighted by molar-refractivity contribution is -0.127. The van der Waals surface area contributed by atoms with Gasteiger partial charge < -0.3 is 15.1 Å². The number of carbonyl (C=O) groups is 2. The van der Waals surface area contributed by atoms with Gasteiger partial charge in [0.1, 0.15) is 5.82 Å². The highest BCUT2D eigenvalue weighted by Crippen LogP contribution is 2.22. The highest BCUT2D eigenvalue weighted by molar-refractivity contribution is 5.94. The average molecular weight is 453 g/mol. The van der Waals surface area contributed by atoms with Crippen LogP contribution in [0.4, 0.5) is 4.39 Å². The molecule has 7 heteroatoms. The molecule has 1 atom stereocenters. The van der Waals surface area contributed by atoms with E-state index in [1.54, 1.807) is 4.90 Å². The number of halogens is 1. The number of hydrogen-bond acceptors (Lipinski definition) is 4. The van der Waals surface area contributed by atoms with E-state index in [1.807, 2.05) is 18.2 Å². The van der Waals surface area contributed by atoms with Crippen LogP contribution in [0.1, 0.15) is 34.8 Å². The predicted octanol–water partition coefficient (Wildman–Crippen LogP) is 2.78. The Morgan fingerprint density at radius 2 is 1.58 bits per heavy atom. The third-order valence-electron chi connectivity index (χ3n) is 6.80. The number of likely N-dealkylation sites (tertiary alicyclic amines) is 1. The fraction of sp³-hybridized carbons (Fsp3) is 0.462. The van der Waals surface area contributed by atoms with E-state index < -0.39 is 0 Å². The van der Waals surface area contributed by atoms with Gasteiger partial charge in [-0.05, 0) is 49.7 Å². The lowest BCUT2D eigenvalue weighted by atomic mass is 9.94. The smallest absolute Gasteiger partial charge is 0.253 e. The Bertz CT molecular complexity index is 921. The third kappa shape index (κ3) is 6.18. The van der Waals surface area contributed by atoms with Crippen molar-refractivity contribution >= 4 is 11.8 Å². The van der Waals surface area contributed by atoms with Crippen LogP contribution in [0.15, 0.2) is 54.6 Å². The van der Waals surface area contributed by atoms with Gasteiger partial charge in [-0.3, -0.25) is 14.5 Å². The van der Waals surface area contributed by atoms with Crippen LogP contribution in [0.3, 0.4) is 0 Å². The highest BCUT2D eigenvalue weighted by Gasteiger charge is 2.30. The number of carbonyl (C=O) groups excluding carboxylic acids is 2. The molecule has 1 unspecified atom stereocenters. The number of hydrogen-bond donors (Lipinski definition) is 1. The summed E-state index contributed by atoms with van der Waals surface area (Å²) < 4.78 is 13.2. The molecule has 176 valence electrons. The van der Waals surface area contributed by atoms with Crippen molar-refractivity contribution in [3.63, 3.8) is 0 Å². The van der Waals surface area contributed by atoms with Crippen molar-refractivity contribution in [1.29, 1.82) is 0 Å². The maximum Gasteiger partial charge on any atom is 0.253 e. The van der Waals surface area contributed by atoms with E-state index in [0.717, 1.165) is 38.3 Å². The summed E-state index contributed by atoms with van der Waals surface area (Å²) in [6.07, 6.45) is 1.27. The van der Waals surface area contributed by atoms with E-state index in [0.29, 0.717) is 31.5 Å². The Kier molecular flexibility index (Phi) is 7.73. The van der Waals surface area contributed by atoms with Gasteiger partial charge in [-0.2, -0.15) is 0 Å². The van der Waals surface area contributed by atoms with Gasteiger partial charge in [0, 0.05) is 57.3 Å². The molecule has 2 aromatic carbocycles. The summed E-state index contributed by atoms with van der Waals surface area (Å²) in [5.74, 6) is -0.509. The molecule has 2 heterocycles. The molecule has 2 amide bonds. The second-order valence-electron chi connectivity index (χ2n) is 9.15. The Morgan fingerprint density at radius 3 is 2.21 bits per heavy atom. The second-order valence-corrected chi connectivity index (χ2v) is 9.15. The van der Waals surface area contributed by atoms with Crippen molar-refractivity contribution in [3.05, 3.63) is 71.5 Å². The molecule has 33 heavy (non-hydrogen) atoms. The van der Waals surface area contributed by atoms with Crippen molar-refractivity contribution in [3.8, 4) is 0 Å². The van der Waals surface area contributed by atoms with Gasteiger partial charge in [0.15, 0.2) is 0 Å². The van der Waals surface area contributed by atoms with Crippen molar-refractivity contribution in [2.75, 3.05) is 52.9 Å². The van der Waals surface area contributed by atoms with Crippen molar-refractivity contribution in [2.24, 2.45) is 5.92 Å². The van der Waals surface area contributed by atoms with Gasteiger partial charge in [0.05, 0.1) is 6.04 Å². The summed E-state index contributed by atoms with van der Waals surface area (Å²) in [4.78, 5) is 32.4. The largest absolute Gasteiger partial charge is 0.348 e. The van der Waals surface area contributed by atoms with Crippen molar-refractivity contribution < 1.29 is 14.0 Å². The Balaban J connectivity index is 1.34. The normalized spacial score (nSPS) is 19.3. The summed E-state index contributed by atoms with van der Waals surface area (Å²) in [7, 11) is 2.14. The van der Waals surface area contributed by atoms with Gasteiger partial charge in [0.25, 0.3) is 5.91 Å². The van der Waals surface area contributed by atoms with Crippen LogP contribution in [-0.4, -0.2) is 79.4 Å². The van der Waals surface area contributed by atoms with Crippen LogP contribution < -0.4 is 5.32 Å². The van der Waals surface area contributed by atoms with E-state index in [9.17, 15) is 14.0 Å². The number of amides is 2. The van der Waals surface area contributed by atoms with Crippen LogP contribution in [0, 0.1) is 11.7 Å². The summed E-state index contributed by atoms with van der Waals surface area (Å²) in [6, 6.07) is 15.7. The molecule has 2 saturated heterocycles. The van der Waals surface area contributed by atoms with Gasteiger partial charge in [0.2, 0.25) is 5.91 Å². The molecule has 0 aromatic heterocycles. The van der Waals surface area contributed by atoms with E-state index in [2.05, 4.69) is 34.3 Å². The second kappa shape index (κ2) is 10.9. The number of nitrogens with zero attached hydrogens (tertiary/aromatic N) is 3. The summed E-state index contributed by atoms with van der Waals surface area (Å²) in [6.45, 7) is 5.93. The molecule has 0 radical (unpaired) electrons. The maximum absolute atomic E-state index is 13.2. The van der Waals surface area contributed by atoms with E-state index >= 15 is 0 Å². The topological polar surface area (TPSA) is 55.9 Å². The molecule has 1 N–H and O–H groups in total. The minimum Gasteiger partial charge on any atom is -0.348 e. The zero-order valence-electron chi connectivity index (χ0n) is 19.3. The molecular weight excluding hydrogens is 419 g/mol. The monoisotopic (exact) mass is 452 g/mol.